The number of H-pyrrole nitrogens is 1. The van der Waals surface area contributed by atoms with E-state index in [1.807, 2.05) is 0 Å². The summed E-state index contributed by atoms with van der Waals surface area (Å²) in [6, 6.07) is 6.61. The molecule has 0 bridgehead atoms. The van der Waals surface area contributed by atoms with Gasteiger partial charge in [-0.25, -0.2) is 4.79 Å². The van der Waals surface area contributed by atoms with Gasteiger partial charge in [0.2, 0.25) is 0 Å². The standard InChI is InChI=1S/C14H15N3O3/c1-9-12(8-16-17-9)13(18)15-7-6-10-2-4-11(5-3-10)14(19)20/h2-5,8H,6-7H2,1H3,(H,15,18)(H,16,17)(H,19,20). The number of aryl methyl sites for hydroxylation is 1. The van der Waals surface area contributed by atoms with Crippen LogP contribution in [0.5, 0.6) is 0 Å². The van der Waals surface area contributed by atoms with E-state index < -0.39 is 5.97 Å². The first-order valence-corrected chi connectivity index (χ1v) is 6.18. The van der Waals surface area contributed by atoms with Crippen LogP contribution >= 0.6 is 0 Å². The highest BCUT2D eigenvalue weighted by Crippen LogP contribution is 2.05. The number of benzene rings is 1. The van der Waals surface area contributed by atoms with Gasteiger partial charge in [0.05, 0.1) is 17.3 Å². The summed E-state index contributed by atoms with van der Waals surface area (Å²) in [6.45, 7) is 2.27. The molecule has 0 radical (unpaired) electrons. The smallest absolute Gasteiger partial charge is 0.335 e. The van der Waals surface area contributed by atoms with Gasteiger partial charge < -0.3 is 10.4 Å². The van der Waals surface area contributed by atoms with Crippen molar-refractivity contribution in [2.45, 2.75) is 13.3 Å². The summed E-state index contributed by atoms with van der Waals surface area (Å²) in [5.41, 5.74) is 2.49. The maximum absolute atomic E-state index is 11.8. The lowest BCUT2D eigenvalue weighted by Gasteiger charge is -2.05. The summed E-state index contributed by atoms with van der Waals surface area (Å²) >= 11 is 0. The molecule has 0 aliphatic rings. The van der Waals surface area contributed by atoms with Crippen molar-refractivity contribution < 1.29 is 14.7 Å². The number of carboxylic acids is 1. The van der Waals surface area contributed by atoms with E-state index in [9.17, 15) is 9.59 Å². The minimum atomic E-state index is -0.944. The zero-order valence-corrected chi connectivity index (χ0v) is 11.0. The minimum Gasteiger partial charge on any atom is -0.478 e. The summed E-state index contributed by atoms with van der Waals surface area (Å²) in [7, 11) is 0. The van der Waals surface area contributed by atoms with Crippen LogP contribution in [0.4, 0.5) is 0 Å². The Morgan fingerprint density at radius 2 is 2.00 bits per heavy atom. The fraction of sp³-hybridized carbons (Fsp3) is 0.214. The van der Waals surface area contributed by atoms with Gasteiger partial charge in [0.1, 0.15) is 0 Å². The van der Waals surface area contributed by atoms with Crippen molar-refractivity contribution in [2.75, 3.05) is 6.54 Å². The van der Waals surface area contributed by atoms with Crippen LogP contribution < -0.4 is 5.32 Å². The maximum atomic E-state index is 11.8. The van der Waals surface area contributed by atoms with Crippen LogP contribution in [-0.2, 0) is 6.42 Å². The molecule has 3 N–H and O–H groups in total. The van der Waals surface area contributed by atoms with Gasteiger partial charge in [0.25, 0.3) is 5.91 Å². The van der Waals surface area contributed by atoms with Crippen LogP contribution in [0, 0.1) is 6.92 Å². The first kappa shape index (κ1) is 13.8. The molecule has 1 amide bonds. The maximum Gasteiger partial charge on any atom is 0.335 e. The monoisotopic (exact) mass is 273 g/mol. The Bertz CT molecular complexity index is 617. The SMILES string of the molecule is Cc1[nH]ncc1C(=O)NCCc1ccc(C(=O)O)cc1. The van der Waals surface area contributed by atoms with Crippen LogP contribution in [0.3, 0.4) is 0 Å². The number of aromatic nitrogens is 2. The number of nitrogens with zero attached hydrogens (tertiary/aromatic N) is 1. The Morgan fingerprint density at radius 3 is 2.55 bits per heavy atom. The van der Waals surface area contributed by atoms with Crippen LogP contribution in [0.2, 0.25) is 0 Å². The molecule has 0 saturated carbocycles. The van der Waals surface area contributed by atoms with Crippen molar-refractivity contribution in [3.05, 3.63) is 52.8 Å². The zero-order chi connectivity index (χ0) is 14.5. The van der Waals surface area contributed by atoms with Crippen LogP contribution in [0.15, 0.2) is 30.5 Å². The molecule has 0 atom stereocenters. The molecule has 0 spiro atoms. The third kappa shape index (κ3) is 3.23. The third-order valence-electron chi connectivity index (χ3n) is 2.97. The van der Waals surface area contributed by atoms with E-state index in [0.717, 1.165) is 11.3 Å². The molecule has 0 aliphatic heterocycles. The number of carbonyl (C=O) groups excluding carboxylic acids is 1. The van der Waals surface area contributed by atoms with E-state index in [-0.39, 0.29) is 11.5 Å². The Balaban J connectivity index is 1.85. The van der Waals surface area contributed by atoms with Crippen LogP contribution in [0.1, 0.15) is 32.0 Å². The number of rotatable bonds is 5. The molecule has 0 saturated heterocycles. The second-order valence-electron chi connectivity index (χ2n) is 4.42. The molecule has 20 heavy (non-hydrogen) atoms. The molecule has 1 aromatic heterocycles. The number of hydrogen-bond donors (Lipinski definition) is 3. The summed E-state index contributed by atoms with van der Waals surface area (Å²) < 4.78 is 0. The van der Waals surface area contributed by atoms with Gasteiger partial charge in [0, 0.05) is 12.2 Å². The van der Waals surface area contributed by atoms with Crippen molar-refractivity contribution in [3.63, 3.8) is 0 Å². The summed E-state index contributed by atoms with van der Waals surface area (Å²) in [5.74, 6) is -1.11. The summed E-state index contributed by atoms with van der Waals surface area (Å²) in [6.07, 6.45) is 2.13. The Kier molecular flexibility index (Phi) is 4.14. The average Bonchev–Trinajstić information content (AvgIpc) is 2.85. The van der Waals surface area contributed by atoms with Gasteiger partial charge in [-0.1, -0.05) is 12.1 Å². The van der Waals surface area contributed by atoms with Gasteiger partial charge in [0.15, 0.2) is 0 Å². The summed E-state index contributed by atoms with van der Waals surface area (Å²) in [5, 5.41) is 18.1. The molecule has 6 nitrogen and oxygen atoms in total. The van der Waals surface area contributed by atoms with Crippen molar-refractivity contribution in [1.82, 2.24) is 15.5 Å². The fourth-order valence-electron chi connectivity index (χ4n) is 1.81. The van der Waals surface area contributed by atoms with E-state index in [0.29, 0.717) is 18.5 Å². The number of carbonyl (C=O) groups is 2. The molecule has 2 aromatic rings. The van der Waals surface area contributed by atoms with E-state index in [1.165, 1.54) is 6.20 Å². The highest BCUT2D eigenvalue weighted by atomic mass is 16.4. The van der Waals surface area contributed by atoms with Gasteiger partial charge >= 0.3 is 5.97 Å². The first-order valence-electron chi connectivity index (χ1n) is 6.18. The second-order valence-corrected chi connectivity index (χ2v) is 4.42. The number of nitrogens with one attached hydrogen (secondary N) is 2. The van der Waals surface area contributed by atoms with Gasteiger partial charge in [-0.05, 0) is 31.0 Å². The third-order valence-corrected chi connectivity index (χ3v) is 2.97. The lowest BCUT2D eigenvalue weighted by atomic mass is 10.1. The average molecular weight is 273 g/mol. The van der Waals surface area contributed by atoms with E-state index in [4.69, 9.17) is 5.11 Å². The normalized spacial score (nSPS) is 10.2. The predicted octanol–water partition coefficient (Wildman–Crippen LogP) is 1.39. The predicted molar refractivity (Wildman–Crippen MR) is 72.8 cm³/mol. The molecule has 0 fully saturated rings. The molecule has 0 aliphatic carbocycles. The number of amides is 1. The molecular weight excluding hydrogens is 258 g/mol. The summed E-state index contributed by atoms with van der Waals surface area (Å²) in [4.78, 5) is 22.5. The molecule has 6 heteroatoms. The fourth-order valence-corrected chi connectivity index (χ4v) is 1.81. The van der Waals surface area contributed by atoms with Crippen molar-refractivity contribution in [3.8, 4) is 0 Å². The number of hydrogen-bond acceptors (Lipinski definition) is 3. The van der Waals surface area contributed by atoms with E-state index in [1.54, 1.807) is 31.2 Å². The molecule has 104 valence electrons. The van der Waals surface area contributed by atoms with Gasteiger partial charge in [-0.15, -0.1) is 0 Å². The first-order chi connectivity index (χ1) is 9.58. The van der Waals surface area contributed by atoms with Crippen molar-refractivity contribution >= 4 is 11.9 Å². The van der Waals surface area contributed by atoms with E-state index in [2.05, 4.69) is 15.5 Å². The molecule has 1 heterocycles. The van der Waals surface area contributed by atoms with Crippen molar-refractivity contribution in [1.29, 1.82) is 0 Å². The van der Waals surface area contributed by atoms with Gasteiger partial charge in [-0.3, -0.25) is 9.89 Å². The van der Waals surface area contributed by atoms with Gasteiger partial charge in [-0.2, -0.15) is 5.10 Å². The van der Waals surface area contributed by atoms with E-state index >= 15 is 0 Å². The molecule has 2 rings (SSSR count). The highest BCUT2D eigenvalue weighted by molar-refractivity contribution is 5.94. The lowest BCUT2D eigenvalue weighted by molar-refractivity contribution is 0.0696. The highest BCUT2D eigenvalue weighted by Gasteiger charge is 2.09. The minimum absolute atomic E-state index is 0.168. The number of carboxylic acid groups (broad SMARTS) is 1. The quantitative estimate of drug-likeness (QED) is 0.767. The zero-order valence-electron chi connectivity index (χ0n) is 11.0. The lowest BCUT2D eigenvalue weighted by Crippen LogP contribution is -2.25. The Hall–Kier alpha value is -2.63. The topological polar surface area (TPSA) is 95.1 Å². The largest absolute Gasteiger partial charge is 0.478 e. The second kappa shape index (κ2) is 6.01. The molecular formula is C14H15N3O3. The molecule has 0 unspecified atom stereocenters. The van der Waals surface area contributed by atoms with Crippen molar-refractivity contribution in [2.24, 2.45) is 0 Å². The van der Waals surface area contributed by atoms with Crippen LogP contribution in [-0.4, -0.2) is 33.7 Å². The van der Waals surface area contributed by atoms with Crippen LogP contribution in [0.25, 0.3) is 0 Å². The Morgan fingerprint density at radius 1 is 1.30 bits per heavy atom. The molecule has 1 aromatic carbocycles. The Labute approximate surface area is 115 Å². The number of aromatic carboxylic acids is 1. The number of aromatic amines is 1.